The van der Waals surface area contributed by atoms with E-state index in [1.54, 1.807) is 18.2 Å². The first-order chi connectivity index (χ1) is 16.2. The summed E-state index contributed by atoms with van der Waals surface area (Å²) in [5.74, 6) is 5.44. The van der Waals surface area contributed by atoms with E-state index in [4.69, 9.17) is 32.2 Å². The number of aromatic nitrogens is 1. The van der Waals surface area contributed by atoms with Crippen molar-refractivity contribution in [3.63, 3.8) is 0 Å². The summed E-state index contributed by atoms with van der Waals surface area (Å²) in [7, 11) is 1.94. The van der Waals surface area contributed by atoms with Crippen LogP contribution in [-0.2, 0) is 23.2 Å². The van der Waals surface area contributed by atoms with Crippen molar-refractivity contribution in [3.05, 3.63) is 70.9 Å². The van der Waals surface area contributed by atoms with Crippen molar-refractivity contribution in [2.75, 3.05) is 6.54 Å². The predicted octanol–water partition coefficient (Wildman–Crippen LogP) is 4.49. The standard InChI is InChI=1S/C25H29ClN4O4/c1-15(2)33-22-9-8-17(12-21(22)26)25(34-27)29-16(3)19-6-5-7-20-18(14-30(4)24(19)20)13-28-11-10-23(31)32/h5-9,12,14-15,28H,3,10-11,13,27H2,1-2,4H3,(H,31,32)/b29-25-. The van der Waals surface area contributed by atoms with Crippen LogP contribution in [0.3, 0.4) is 0 Å². The molecule has 0 spiro atoms. The number of nitrogens with two attached hydrogens (primary N) is 1. The second-order valence-electron chi connectivity index (χ2n) is 8.08. The number of nitrogens with zero attached hydrogens (tertiary/aromatic N) is 2. The highest BCUT2D eigenvalue weighted by Crippen LogP contribution is 2.30. The van der Waals surface area contributed by atoms with Crippen LogP contribution in [0, 0.1) is 0 Å². The molecule has 9 heteroatoms. The van der Waals surface area contributed by atoms with Crippen molar-refractivity contribution in [1.29, 1.82) is 0 Å². The minimum Gasteiger partial charge on any atom is -0.489 e. The van der Waals surface area contributed by atoms with E-state index in [0.29, 0.717) is 35.1 Å². The van der Waals surface area contributed by atoms with Gasteiger partial charge in [-0.05, 0) is 37.6 Å². The molecule has 0 aliphatic rings. The number of nitrogens with one attached hydrogen (secondary N) is 1. The maximum atomic E-state index is 10.7. The van der Waals surface area contributed by atoms with Crippen LogP contribution >= 0.6 is 11.6 Å². The smallest absolute Gasteiger partial charge is 0.304 e. The first-order valence-corrected chi connectivity index (χ1v) is 11.2. The molecule has 0 saturated heterocycles. The number of aliphatic imine (C=N–C) groups is 1. The summed E-state index contributed by atoms with van der Waals surface area (Å²) >= 11 is 6.36. The number of aryl methyl sites for hydroxylation is 1. The fourth-order valence-corrected chi connectivity index (χ4v) is 3.89. The molecule has 0 atom stereocenters. The Morgan fingerprint density at radius 2 is 2.09 bits per heavy atom. The number of halogens is 1. The first-order valence-electron chi connectivity index (χ1n) is 10.8. The van der Waals surface area contributed by atoms with E-state index in [-0.39, 0.29) is 18.4 Å². The average molecular weight is 485 g/mol. The Morgan fingerprint density at radius 3 is 2.74 bits per heavy atom. The number of carboxylic acids is 1. The lowest BCUT2D eigenvalue weighted by atomic mass is 10.1. The topological polar surface area (TPSA) is 111 Å². The maximum absolute atomic E-state index is 10.7. The van der Waals surface area contributed by atoms with E-state index in [0.717, 1.165) is 22.0 Å². The Balaban J connectivity index is 1.89. The number of para-hydroxylation sites is 1. The van der Waals surface area contributed by atoms with Crippen LogP contribution in [0.15, 0.2) is 54.2 Å². The predicted molar refractivity (Wildman–Crippen MR) is 135 cm³/mol. The fourth-order valence-electron chi connectivity index (χ4n) is 3.67. The van der Waals surface area contributed by atoms with Crippen LogP contribution in [-0.4, -0.2) is 34.2 Å². The molecule has 0 amide bonds. The zero-order valence-electron chi connectivity index (χ0n) is 19.5. The van der Waals surface area contributed by atoms with Crippen LogP contribution in [0.25, 0.3) is 16.6 Å². The van der Waals surface area contributed by atoms with E-state index >= 15 is 0 Å². The van der Waals surface area contributed by atoms with E-state index in [1.165, 1.54) is 0 Å². The van der Waals surface area contributed by atoms with Gasteiger partial charge in [0.05, 0.1) is 28.8 Å². The molecule has 1 heterocycles. The SMILES string of the molecule is C=C(/N=C(\ON)c1ccc(OC(C)C)c(Cl)c1)c1cccc2c(CNCCC(=O)O)cn(C)c12. The van der Waals surface area contributed by atoms with Gasteiger partial charge in [-0.2, -0.15) is 5.90 Å². The lowest BCUT2D eigenvalue weighted by molar-refractivity contribution is -0.136. The van der Waals surface area contributed by atoms with Gasteiger partial charge in [-0.3, -0.25) is 4.79 Å². The Morgan fingerprint density at radius 1 is 1.32 bits per heavy atom. The van der Waals surface area contributed by atoms with Crippen LogP contribution < -0.4 is 16.0 Å². The molecule has 0 aliphatic heterocycles. The van der Waals surface area contributed by atoms with E-state index in [9.17, 15) is 4.79 Å². The van der Waals surface area contributed by atoms with Gasteiger partial charge in [-0.1, -0.05) is 36.4 Å². The van der Waals surface area contributed by atoms with Crippen LogP contribution in [0.2, 0.25) is 5.02 Å². The number of ether oxygens (including phenoxy) is 1. The third-order valence-corrected chi connectivity index (χ3v) is 5.41. The highest BCUT2D eigenvalue weighted by molar-refractivity contribution is 6.32. The van der Waals surface area contributed by atoms with Gasteiger partial charge < -0.3 is 24.6 Å². The van der Waals surface area contributed by atoms with Crippen LogP contribution in [0.4, 0.5) is 0 Å². The normalized spacial score (nSPS) is 11.8. The molecular formula is C25H29ClN4O4. The van der Waals surface area contributed by atoms with Crippen molar-refractivity contribution in [2.24, 2.45) is 17.9 Å². The third-order valence-electron chi connectivity index (χ3n) is 5.12. The largest absolute Gasteiger partial charge is 0.489 e. The van der Waals surface area contributed by atoms with Gasteiger partial charge in [0.15, 0.2) is 0 Å². The summed E-state index contributed by atoms with van der Waals surface area (Å²) in [6.45, 7) is 8.92. The van der Waals surface area contributed by atoms with Crippen molar-refractivity contribution >= 4 is 40.1 Å². The molecule has 2 aromatic carbocycles. The molecule has 3 rings (SSSR count). The Labute approximate surface area is 203 Å². The van der Waals surface area contributed by atoms with E-state index < -0.39 is 5.97 Å². The quantitative estimate of drug-likeness (QED) is 0.169. The lowest BCUT2D eigenvalue weighted by Gasteiger charge is -2.13. The van der Waals surface area contributed by atoms with E-state index in [2.05, 4.69) is 16.9 Å². The molecule has 0 saturated carbocycles. The second-order valence-corrected chi connectivity index (χ2v) is 8.49. The molecule has 0 fully saturated rings. The molecule has 0 aliphatic carbocycles. The monoisotopic (exact) mass is 484 g/mol. The molecule has 180 valence electrons. The zero-order valence-corrected chi connectivity index (χ0v) is 20.2. The summed E-state index contributed by atoms with van der Waals surface area (Å²) in [4.78, 5) is 20.3. The van der Waals surface area contributed by atoms with E-state index in [1.807, 2.05) is 49.9 Å². The Hall–Kier alpha value is -3.33. The molecule has 34 heavy (non-hydrogen) atoms. The van der Waals surface area contributed by atoms with Crippen molar-refractivity contribution < 1.29 is 19.5 Å². The number of hydrogen-bond donors (Lipinski definition) is 3. The highest BCUT2D eigenvalue weighted by Gasteiger charge is 2.15. The second kappa shape index (κ2) is 11.2. The van der Waals surface area contributed by atoms with Gasteiger partial charge in [0, 0.05) is 42.8 Å². The summed E-state index contributed by atoms with van der Waals surface area (Å²) in [6, 6.07) is 11.1. The number of rotatable bonds is 10. The number of hydrogen-bond acceptors (Lipinski definition) is 6. The van der Waals surface area contributed by atoms with Crippen LogP contribution in [0.1, 0.15) is 37.0 Å². The van der Waals surface area contributed by atoms with Gasteiger partial charge in [0.2, 0.25) is 5.90 Å². The molecule has 0 unspecified atom stereocenters. The van der Waals surface area contributed by atoms with Gasteiger partial charge in [0.1, 0.15) is 5.75 Å². The van der Waals surface area contributed by atoms with Gasteiger partial charge in [-0.25, -0.2) is 4.99 Å². The molecule has 4 N–H and O–H groups in total. The molecule has 1 aromatic heterocycles. The van der Waals surface area contributed by atoms with Crippen molar-refractivity contribution in [2.45, 2.75) is 32.9 Å². The Bertz CT molecular complexity index is 1230. The first kappa shape index (κ1) is 25.3. The minimum absolute atomic E-state index is 0.00920. The molecular weight excluding hydrogens is 456 g/mol. The van der Waals surface area contributed by atoms with Gasteiger partial charge in [0.25, 0.3) is 0 Å². The summed E-state index contributed by atoms with van der Waals surface area (Å²) in [5.41, 5.74) is 3.87. The van der Waals surface area contributed by atoms with Crippen molar-refractivity contribution in [1.82, 2.24) is 9.88 Å². The van der Waals surface area contributed by atoms with Crippen molar-refractivity contribution in [3.8, 4) is 5.75 Å². The number of carbonyl (C=O) groups is 1. The summed E-state index contributed by atoms with van der Waals surface area (Å²) in [5, 5.41) is 13.4. The molecule has 0 radical (unpaired) electrons. The molecule has 0 bridgehead atoms. The average Bonchev–Trinajstić information content (AvgIpc) is 3.11. The zero-order chi connectivity index (χ0) is 24.8. The van der Waals surface area contributed by atoms with Crippen LogP contribution in [0.5, 0.6) is 5.75 Å². The Kier molecular flexibility index (Phi) is 8.33. The molecule has 8 nitrogen and oxygen atoms in total. The lowest BCUT2D eigenvalue weighted by Crippen LogP contribution is -2.17. The minimum atomic E-state index is -0.830. The summed E-state index contributed by atoms with van der Waals surface area (Å²) < 4.78 is 7.67. The third kappa shape index (κ3) is 5.96. The fraction of sp³-hybridized carbons (Fsp3) is 0.280. The highest BCUT2D eigenvalue weighted by atomic mass is 35.5. The van der Waals surface area contributed by atoms with Gasteiger partial charge >= 0.3 is 5.97 Å². The molecule has 3 aromatic rings. The van der Waals surface area contributed by atoms with Gasteiger partial charge in [-0.15, -0.1) is 0 Å². The number of aliphatic carboxylic acids is 1. The number of fused-ring (bicyclic) bond motifs is 1. The summed E-state index contributed by atoms with van der Waals surface area (Å²) in [6.07, 6.45) is 2.06. The maximum Gasteiger partial charge on any atom is 0.304 e. The number of benzene rings is 2. The number of carboxylic acid groups (broad SMARTS) is 1.